The van der Waals surface area contributed by atoms with E-state index in [1.807, 2.05) is 9.80 Å². The normalized spacial score (nSPS) is 18.5. The molecule has 0 unspecified atom stereocenters. The van der Waals surface area contributed by atoms with E-state index in [1.54, 1.807) is 19.9 Å². The maximum Gasteiger partial charge on any atom is 0.416 e. The smallest absolute Gasteiger partial charge is 0.416 e. The van der Waals surface area contributed by atoms with E-state index in [9.17, 15) is 18.0 Å². The number of allylic oxidation sites excluding steroid dienone is 1. The molecular weight excluding hydrogens is 503 g/mol. The molecule has 2 saturated heterocycles. The Kier molecular flexibility index (Phi) is 7.44. The van der Waals surface area contributed by atoms with Gasteiger partial charge in [-0.3, -0.25) is 4.90 Å². The summed E-state index contributed by atoms with van der Waals surface area (Å²) in [5.41, 5.74) is 1.30. The van der Waals surface area contributed by atoms with E-state index in [1.165, 1.54) is 11.0 Å². The van der Waals surface area contributed by atoms with Gasteiger partial charge in [-0.05, 0) is 37.6 Å². The molecule has 4 heterocycles. The van der Waals surface area contributed by atoms with Crippen LogP contribution < -0.4 is 14.7 Å². The maximum atomic E-state index is 13.7. The highest BCUT2D eigenvalue weighted by Crippen LogP contribution is 2.45. The minimum absolute atomic E-state index is 0.127. The van der Waals surface area contributed by atoms with Crippen LogP contribution in [0, 0.1) is 0 Å². The van der Waals surface area contributed by atoms with Gasteiger partial charge in [0.05, 0.1) is 44.3 Å². The number of rotatable bonds is 5. The highest BCUT2D eigenvalue weighted by molar-refractivity contribution is 6.00. The second-order valence-corrected chi connectivity index (χ2v) is 9.25. The molecule has 5 rings (SSSR count). The third-order valence-electron chi connectivity index (χ3n) is 6.72. The number of carbonyl (C=O) groups excluding carboxylic acids is 1. The number of carbonyl (C=O) groups is 1. The Labute approximate surface area is 218 Å². The topological polar surface area (TPSA) is 80.3 Å². The van der Waals surface area contributed by atoms with E-state index in [0.717, 1.165) is 12.1 Å². The van der Waals surface area contributed by atoms with Crippen LogP contribution in [-0.4, -0.2) is 75.2 Å². The van der Waals surface area contributed by atoms with Gasteiger partial charge in [0.1, 0.15) is 11.4 Å². The number of esters is 1. The van der Waals surface area contributed by atoms with E-state index in [-0.39, 0.29) is 18.0 Å². The number of fused-ring (bicyclic) bond motifs is 1. The molecule has 2 aromatic rings. The monoisotopic (exact) mass is 533 g/mol. The Bertz CT molecular complexity index is 1220. The molecule has 2 fully saturated rings. The molecule has 1 aromatic heterocycles. The lowest BCUT2D eigenvalue weighted by Crippen LogP contribution is -2.41. The average Bonchev–Trinajstić information content (AvgIpc) is 2.92. The van der Waals surface area contributed by atoms with Crippen LogP contribution in [0.5, 0.6) is 0 Å². The second-order valence-electron chi connectivity index (χ2n) is 9.25. The summed E-state index contributed by atoms with van der Waals surface area (Å²) >= 11 is 0. The Morgan fingerprint density at radius 1 is 1.03 bits per heavy atom. The van der Waals surface area contributed by atoms with Gasteiger partial charge >= 0.3 is 12.1 Å². The number of morpholine rings is 2. The van der Waals surface area contributed by atoms with E-state index < -0.39 is 17.7 Å². The molecule has 38 heavy (non-hydrogen) atoms. The van der Waals surface area contributed by atoms with Crippen molar-refractivity contribution >= 4 is 29.1 Å². The van der Waals surface area contributed by atoms with Gasteiger partial charge < -0.3 is 24.0 Å². The minimum Gasteiger partial charge on any atom is -0.461 e. The molecule has 0 saturated carbocycles. The number of halogens is 3. The Hall–Kier alpha value is -3.38. The first kappa shape index (κ1) is 26.2. The lowest BCUT2D eigenvalue weighted by atomic mass is 9.99. The van der Waals surface area contributed by atoms with E-state index in [2.05, 4.69) is 0 Å². The summed E-state index contributed by atoms with van der Waals surface area (Å²) in [6.45, 7) is 8.00. The summed E-state index contributed by atoms with van der Waals surface area (Å²) < 4.78 is 57.6. The number of benzene rings is 1. The Balaban J connectivity index is 1.73. The fourth-order valence-electron chi connectivity index (χ4n) is 4.91. The zero-order valence-electron chi connectivity index (χ0n) is 21.4. The summed E-state index contributed by atoms with van der Waals surface area (Å²) in [6, 6.07) is 4.94. The van der Waals surface area contributed by atoms with Gasteiger partial charge in [-0.15, -0.1) is 0 Å². The molecule has 9 nitrogen and oxygen atoms in total. The number of hydrogen-bond donors (Lipinski definition) is 0. The average molecular weight is 534 g/mol. The lowest BCUT2D eigenvalue weighted by Gasteiger charge is -2.39. The van der Waals surface area contributed by atoms with Crippen LogP contribution in [0.15, 0.2) is 35.5 Å². The SMILES string of the molecule is CCOC(=O)C1=C(C)Cc2nc(N3CCOCC3)nc(N3CCOCC3)c2N1c1cccc(C(F)(F)F)c1. The summed E-state index contributed by atoms with van der Waals surface area (Å²) in [7, 11) is 0. The van der Waals surface area contributed by atoms with Gasteiger partial charge in [-0.2, -0.15) is 18.2 Å². The van der Waals surface area contributed by atoms with Gasteiger partial charge in [0.25, 0.3) is 0 Å². The third-order valence-corrected chi connectivity index (χ3v) is 6.72. The highest BCUT2D eigenvalue weighted by Gasteiger charge is 2.38. The molecule has 204 valence electrons. The molecule has 12 heteroatoms. The van der Waals surface area contributed by atoms with E-state index >= 15 is 0 Å². The van der Waals surface area contributed by atoms with Crippen LogP contribution in [0.25, 0.3) is 0 Å². The predicted molar refractivity (Wildman–Crippen MR) is 135 cm³/mol. The van der Waals surface area contributed by atoms with Crippen LogP contribution in [0.3, 0.4) is 0 Å². The van der Waals surface area contributed by atoms with Crippen molar-refractivity contribution in [2.24, 2.45) is 0 Å². The van der Waals surface area contributed by atoms with Crippen LogP contribution in [0.4, 0.5) is 36.3 Å². The zero-order valence-corrected chi connectivity index (χ0v) is 21.4. The van der Waals surface area contributed by atoms with Gasteiger partial charge in [-0.25, -0.2) is 9.78 Å². The molecule has 0 aliphatic carbocycles. The fourth-order valence-corrected chi connectivity index (χ4v) is 4.91. The van der Waals surface area contributed by atoms with Crippen LogP contribution in [0.2, 0.25) is 0 Å². The van der Waals surface area contributed by atoms with Crippen LogP contribution >= 0.6 is 0 Å². The second kappa shape index (κ2) is 10.8. The molecule has 3 aliphatic rings. The number of ether oxygens (including phenoxy) is 3. The largest absolute Gasteiger partial charge is 0.461 e. The standard InChI is InChI=1S/C26H30F3N5O4/c1-3-38-24(35)21-17(2)15-20-22(34(21)19-6-4-5-18(16-19)26(27,28)29)23(32-7-11-36-12-8-32)31-25(30-20)33-9-13-37-14-10-33/h4-6,16H,3,7-15H2,1-2H3. The quantitative estimate of drug-likeness (QED) is 0.535. The van der Waals surface area contributed by atoms with Crippen LogP contribution in [0.1, 0.15) is 25.1 Å². The highest BCUT2D eigenvalue weighted by atomic mass is 19.4. The summed E-state index contributed by atoms with van der Waals surface area (Å²) in [6.07, 6.45) is -4.22. The number of hydrogen-bond acceptors (Lipinski definition) is 9. The van der Waals surface area contributed by atoms with Crippen molar-refractivity contribution in [1.82, 2.24) is 9.97 Å². The molecule has 1 aromatic carbocycles. The minimum atomic E-state index is -4.55. The van der Waals surface area contributed by atoms with Gasteiger partial charge in [0.2, 0.25) is 5.95 Å². The number of aromatic nitrogens is 2. The molecule has 0 N–H and O–H groups in total. The first-order chi connectivity index (χ1) is 18.3. The lowest BCUT2D eigenvalue weighted by molar-refractivity contribution is -0.138. The van der Waals surface area contributed by atoms with Crippen LogP contribution in [-0.2, 0) is 31.6 Å². The molecule has 0 amide bonds. The van der Waals surface area contributed by atoms with Gasteiger partial charge in [0, 0.05) is 38.3 Å². The van der Waals surface area contributed by atoms with Crippen molar-refractivity contribution < 1.29 is 32.2 Å². The Morgan fingerprint density at radius 3 is 2.32 bits per heavy atom. The maximum absolute atomic E-state index is 13.7. The summed E-state index contributed by atoms with van der Waals surface area (Å²) in [4.78, 5) is 28.7. The van der Waals surface area contributed by atoms with E-state index in [4.69, 9.17) is 24.2 Å². The molecular formula is C26H30F3N5O4. The summed E-state index contributed by atoms with van der Waals surface area (Å²) in [5, 5.41) is 0. The molecule has 0 bridgehead atoms. The summed E-state index contributed by atoms with van der Waals surface area (Å²) in [5.74, 6) is 0.467. The van der Waals surface area contributed by atoms with Gasteiger partial charge in [0.15, 0.2) is 5.82 Å². The van der Waals surface area contributed by atoms with Crippen molar-refractivity contribution in [3.05, 3.63) is 46.8 Å². The predicted octanol–water partition coefficient (Wildman–Crippen LogP) is 3.70. The number of alkyl halides is 3. The molecule has 3 aliphatic heterocycles. The van der Waals surface area contributed by atoms with Crippen molar-refractivity contribution in [1.29, 1.82) is 0 Å². The van der Waals surface area contributed by atoms with Gasteiger partial charge in [-0.1, -0.05) is 6.07 Å². The first-order valence-corrected chi connectivity index (χ1v) is 12.7. The molecule has 0 radical (unpaired) electrons. The number of nitrogens with zero attached hydrogens (tertiary/aromatic N) is 5. The first-order valence-electron chi connectivity index (χ1n) is 12.7. The fraction of sp³-hybridized carbons (Fsp3) is 0.500. The molecule has 0 spiro atoms. The third kappa shape index (κ3) is 5.14. The van der Waals surface area contributed by atoms with E-state index in [0.29, 0.717) is 87.7 Å². The van der Waals surface area contributed by atoms with Crippen molar-refractivity contribution in [2.75, 3.05) is 73.9 Å². The number of anilines is 4. The van der Waals surface area contributed by atoms with Crippen molar-refractivity contribution in [2.45, 2.75) is 26.4 Å². The van der Waals surface area contributed by atoms with Crippen molar-refractivity contribution in [3.63, 3.8) is 0 Å². The molecule has 0 atom stereocenters. The van der Waals surface area contributed by atoms with Crippen molar-refractivity contribution in [3.8, 4) is 0 Å². The Morgan fingerprint density at radius 2 is 1.68 bits per heavy atom. The zero-order chi connectivity index (χ0) is 26.9.